The van der Waals surface area contributed by atoms with Crippen LogP contribution in [0.3, 0.4) is 0 Å². The highest BCUT2D eigenvalue weighted by molar-refractivity contribution is 7.48. The van der Waals surface area contributed by atoms with Gasteiger partial charge in [-0.05, 0) is 41.7 Å². The van der Waals surface area contributed by atoms with E-state index in [0.29, 0.717) is 11.9 Å². The summed E-state index contributed by atoms with van der Waals surface area (Å²) in [6.45, 7) is 4.15. The van der Waals surface area contributed by atoms with Crippen LogP contribution >= 0.6 is 8.03 Å². The summed E-state index contributed by atoms with van der Waals surface area (Å²) in [6.07, 6.45) is 3.08. The maximum atomic E-state index is 11.7. The van der Waals surface area contributed by atoms with Gasteiger partial charge in [0.2, 0.25) is 5.30 Å². The lowest BCUT2D eigenvalue weighted by molar-refractivity contribution is 0.357. The molecule has 1 rings (SSSR count). The van der Waals surface area contributed by atoms with Gasteiger partial charge in [-0.25, -0.2) is 0 Å². The number of nitriles is 1. The van der Waals surface area contributed by atoms with Crippen molar-refractivity contribution in [1.82, 2.24) is 0 Å². The number of benzene rings is 1. The minimum atomic E-state index is -1.79. The molecule has 0 aliphatic rings. The zero-order valence-electron chi connectivity index (χ0n) is 9.30. The molecule has 4 heteroatoms. The second-order valence-electron chi connectivity index (χ2n) is 3.24. The molecule has 1 aromatic rings. The zero-order valence-corrected chi connectivity index (χ0v) is 10.2. The van der Waals surface area contributed by atoms with Crippen LogP contribution in [0.25, 0.3) is 6.08 Å². The SMILES string of the molecule is CCO[P+](=O)c1cc(C)cc(C=CC#N)c1. The fourth-order valence-corrected chi connectivity index (χ4v) is 2.27. The van der Waals surface area contributed by atoms with E-state index in [4.69, 9.17) is 9.79 Å². The third kappa shape index (κ3) is 3.58. The van der Waals surface area contributed by atoms with Crippen molar-refractivity contribution >= 4 is 19.4 Å². The van der Waals surface area contributed by atoms with Crippen molar-refractivity contribution in [2.45, 2.75) is 13.8 Å². The highest BCUT2D eigenvalue weighted by Crippen LogP contribution is 2.22. The molecule has 82 valence electrons. The largest absolute Gasteiger partial charge is 0.548 e. The number of rotatable bonds is 4. The Kier molecular flexibility index (Phi) is 4.85. The van der Waals surface area contributed by atoms with Gasteiger partial charge in [-0.1, -0.05) is 6.07 Å². The Morgan fingerprint density at radius 1 is 1.50 bits per heavy atom. The molecule has 0 N–H and O–H groups in total. The molecule has 3 nitrogen and oxygen atoms in total. The van der Waals surface area contributed by atoms with Crippen LogP contribution in [-0.4, -0.2) is 6.61 Å². The molecule has 0 aromatic heterocycles. The number of nitrogens with zero attached hydrogens (tertiary/aromatic N) is 1. The van der Waals surface area contributed by atoms with Gasteiger partial charge in [0, 0.05) is 12.1 Å². The Bertz CT molecular complexity index is 461. The van der Waals surface area contributed by atoms with E-state index in [1.54, 1.807) is 19.1 Å². The molecule has 0 radical (unpaired) electrons. The summed E-state index contributed by atoms with van der Waals surface area (Å²) in [7, 11) is -1.79. The summed E-state index contributed by atoms with van der Waals surface area (Å²) in [5.74, 6) is 0. The van der Waals surface area contributed by atoms with Crippen LogP contribution in [-0.2, 0) is 9.09 Å². The third-order valence-electron chi connectivity index (χ3n) is 1.89. The number of aryl methyl sites for hydroxylation is 1. The van der Waals surface area contributed by atoms with Crippen LogP contribution in [0.1, 0.15) is 18.1 Å². The minimum Gasteiger partial charge on any atom is -0.193 e. The van der Waals surface area contributed by atoms with Gasteiger partial charge in [-0.15, -0.1) is 4.52 Å². The van der Waals surface area contributed by atoms with Crippen molar-refractivity contribution in [2.75, 3.05) is 6.61 Å². The van der Waals surface area contributed by atoms with Crippen LogP contribution in [0.2, 0.25) is 0 Å². The van der Waals surface area contributed by atoms with E-state index in [0.717, 1.165) is 11.1 Å². The third-order valence-corrected chi connectivity index (χ3v) is 3.06. The quantitative estimate of drug-likeness (QED) is 0.594. The van der Waals surface area contributed by atoms with E-state index in [1.165, 1.54) is 6.08 Å². The first-order valence-corrected chi connectivity index (χ1v) is 6.13. The van der Waals surface area contributed by atoms with Crippen molar-refractivity contribution in [3.8, 4) is 6.07 Å². The van der Waals surface area contributed by atoms with Crippen LogP contribution in [0.15, 0.2) is 24.3 Å². The van der Waals surface area contributed by atoms with Crippen molar-refractivity contribution in [1.29, 1.82) is 5.26 Å². The van der Waals surface area contributed by atoms with E-state index >= 15 is 0 Å². The van der Waals surface area contributed by atoms with E-state index in [2.05, 4.69) is 0 Å². The lowest BCUT2D eigenvalue weighted by atomic mass is 10.1. The van der Waals surface area contributed by atoms with Gasteiger partial charge >= 0.3 is 8.03 Å². The topological polar surface area (TPSA) is 50.1 Å². The first kappa shape index (κ1) is 12.6. The molecule has 16 heavy (non-hydrogen) atoms. The molecule has 0 fully saturated rings. The van der Waals surface area contributed by atoms with E-state index in [-0.39, 0.29) is 0 Å². The van der Waals surface area contributed by atoms with Crippen LogP contribution in [0, 0.1) is 18.3 Å². The monoisotopic (exact) mass is 234 g/mol. The fourth-order valence-electron chi connectivity index (χ4n) is 1.32. The molecule has 0 saturated heterocycles. The van der Waals surface area contributed by atoms with Crippen molar-refractivity contribution in [2.24, 2.45) is 0 Å². The van der Waals surface area contributed by atoms with Crippen LogP contribution in [0.5, 0.6) is 0 Å². The average molecular weight is 234 g/mol. The molecule has 0 aliphatic heterocycles. The molecular weight excluding hydrogens is 221 g/mol. The summed E-state index contributed by atoms with van der Waals surface area (Å²) in [6, 6.07) is 7.45. The Hall–Kier alpha value is -1.49. The van der Waals surface area contributed by atoms with Gasteiger partial charge in [-0.2, -0.15) is 5.26 Å². The van der Waals surface area contributed by atoms with Gasteiger partial charge in [0.15, 0.2) is 0 Å². The highest BCUT2D eigenvalue weighted by Gasteiger charge is 2.21. The standard InChI is InChI=1S/C12H13NO2P/c1-3-15-16(14)12-8-10(2)7-11(9-12)5-4-6-13/h4-5,7-9H,3H2,1-2H3/q+1. The van der Waals surface area contributed by atoms with Crippen molar-refractivity contribution < 1.29 is 9.09 Å². The summed E-state index contributed by atoms with van der Waals surface area (Å²) < 4.78 is 16.7. The molecule has 0 heterocycles. The van der Waals surface area contributed by atoms with Gasteiger partial charge in [-0.3, -0.25) is 0 Å². The lowest BCUT2D eigenvalue weighted by Crippen LogP contribution is -2.00. The first-order chi connectivity index (χ1) is 7.67. The van der Waals surface area contributed by atoms with Crippen molar-refractivity contribution in [3.63, 3.8) is 0 Å². The minimum absolute atomic E-state index is 0.423. The second-order valence-corrected chi connectivity index (χ2v) is 4.53. The van der Waals surface area contributed by atoms with Gasteiger partial charge < -0.3 is 0 Å². The number of hydrogen-bond acceptors (Lipinski definition) is 3. The van der Waals surface area contributed by atoms with E-state index in [1.807, 2.05) is 25.1 Å². The normalized spacial score (nSPS) is 11.4. The summed E-state index contributed by atoms with van der Waals surface area (Å²) >= 11 is 0. The highest BCUT2D eigenvalue weighted by atomic mass is 31.1. The lowest BCUT2D eigenvalue weighted by Gasteiger charge is -1.95. The van der Waals surface area contributed by atoms with Gasteiger partial charge in [0.1, 0.15) is 6.61 Å². The second kappa shape index (κ2) is 6.17. The summed E-state index contributed by atoms with van der Waals surface area (Å²) in [5.41, 5.74) is 1.86. The Morgan fingerprint density at radius 3 is 2.88 bits per heavy atom. The molecule has 0 bridgehead atoms. The maximum absolute atomic E-state index is 11.7. The Labute approximate surface area is 96.2 Å². The molecule has 0 saturated carbocycles. The smallest absolute Gasteiger partial charge is 0.193 e. The molecule has 0 aliphatic carbocycles. The van der Waals surface area contributed by atoms with Gasteiger partial charge in [0.25, 0.3) is 0 Å². The number of hydrogen-bond donors (Lipinski definition) is 0. The molecular formula is C12H13NO2P+. The molecule has 1 aromatic carbocycles. The number of allylic oxidation sites excluding steroid dienone is 1. The van der Waals surface area contributed by atoms with Crippen LogP contribution < -0.4 is 5.30 Å². The average Bonchev–Trinajstić information content (AvgIpc) is 2.26. The molecule has 0 spiro atoms. The van der Waals surface area contributed by atoms with Gasteiger partial charge in [0.05, 0.1) is 6.07 Å². The summed E-state index contributed by atoms with van der Waals surface area (Å²) in [5, 5.41) is 9.10. The van der Waals surface area contributed by atoms with E-state index in [9.17, 15) is 4.57 Å². The Morgan fingerprint density at radius 2 is 2.25 bits per heavy atom. The maximum Gasteiger partial charge on any atom is 0.548 e. The summed E-state index contributed by atoms with van der Waals surface area (Å²) in [4.78, 5) is 0. The van der Waals surface area contributed by atoms with Crippen LogP contribution in [0.4, 0.5) is 0 Å². The molecule has 1 atom stereocenters. The van der Waals surface area contributed by atoms with E-state index < -0.39 is 8.03 Å². The predicted octanol–water partition coefficient (Wildman–Crippen LogP) is 2.94. The Balaban J connectivity index is 3.03. The van der Waals surface area contributed by atoms with Crippen molar-refractivity contribution in [3.05, 3.63) is 35.4 Å². The fraction of sp³-hybridized carbons (Fsp3) is 0.250. The first-order valence-electron chi connectivity index (χ1n) is 4.95. The zero-order chi connectivity index (χ0) is 12.0. The predicted molar refractivity (Wildman–Crippen MR) is 64.7 cm³/mol. The molecule has 1 unspecified atom stereocenters. The molecule has 0 amide bonds.